The van der Waals surface area contributed by atoms with Crippen LogP contribution in [0.1, 0.15) is 32.6 Å². The zero-order valence-corrected chi connectivity index (χ0v) is 12.6. The van der Waals surface area contributed by atoms with Gasteiger partial charge in [0.15, 0.2) is 0 Å². The SMILES string of the molecule is CCOc1ccc(NC2CCC(C(F)(F)F)CC2)cc1Cl. The van der Waals surface area contributed by atoms with Crippen LogP contribution in [0.15, 0.2) is 18.2 Å². The fourth-order valence-electron chi connectivity index (χ4n) is 2.66. The summed E-state index contributed by atoms with van der Waals surface area (Å²) in [5.74, 6) is -0.537. The fourth-order valence-corrected chi connectivity index (χ4v) is 2.90. The molecule has 0 unspecified atom stereocenters. The zero-order valence-electron chi connectivity index (χ0n) is 11.8. The third kappa shape index (κ3) is 4.43. The van der Waals surface area contributed by atoms with Crippen molar-refractivity contribution in [2.75, 3.05) is 11.9 Å². The van der Waals surface area contributed by atoms with Gasteiger partial charge in [-0.1, -0.05) is 11.6 Å². The molecule has 1 aromatic rings. The van der Waals surface area contributed by atoms with Gasteiger partial charge in [0.05, 0.1) is 17.5 Å². The highest BCUT2D eigenvalue weighted by Crippen LogP contribution is 2.38. The molecule has 118 valence electrons. The predicted octanol–water partition coefficient (Wildman–Crippen LogP) is 5.27. The quantitative estimate of drug-likeness (QED) is 0.815. The first-order chi connectivity index (χ1) is 9.90. The van der Waals surface area contributed by atoms with Gasteiger partial charge in [-0.2, -0.15) is 13.2 Å². The molecule has 1 aliphatic rings. The van der Waals surface area contributed by atoms with E-state index in [9.17, 15) is 13.2 Å². The molecule has 0 amide bonds. The molecule has 0 radical (unpaired) electrons. The number of alkyl halides is 3. The van der Waals surface area contributed by atoms with Crippen LogP contribution in [0.25, 0.3) is 0 Å². The highest BCUT2D eigenvalue weighted by Gasteiger charge is 2.41. The van der Waals surface area contributed by atoms with Crippen molar-refractivity contribution in [3.63, 3.8) is 0 Å². The summed E-state index contributed by atoms with van der Waals surface area (Å²) in [5.41, 5.74) is 0.818. The lowest BCUT2D eigenvalue weighted by Crippen LogP contribution is -2.32. The van der Waals surface area contributed by atoms with Gasteiger partial charge >= 0.3 is 6.18 Å². The normalized spacial score (nSPS) is 22.9. The smallest absolute Gasteiger partial charge is 0.391 e. The maximum absolute atomic E-state index is 12.6. The Kier molecular flexibility index (Phi) is 5.25. The van der Waals surface area contributed by atoms with Crippen LogP contribution in [0.2, 0.25) is 5.02 Å². The van der Waals surface area contributed by atoms with Crippen molar-refractivity contribution in [2.45, 2.75) is 44.8 Å². The molecule has 6 heteroatoms. The van der Waals surface area contributed by atoms with Gasteiger partial charge < -0.3 is 10.1 Å². The minimum atomic E-state index is -4.06. The van der Waals surface area contributed by atoms with Gasteiger partial charge in [-0.15, -0.1) is 0 Å². The molecule has 0 aliphatic heterocycles. The van der Waals surface area contributed by atoms with Crippen molar-refractivity contribution in [1.82, 2.24) is 0 Å². The predicted molar refractivity (Wildman–Crippen MR) is 78.0 cm³/mol. The molecule has 0 bridgehead atoms. The lowest BCUT2D eigenvalue weighted by molar-refractivity contribution is -0.182. The lowest BCUT2D eigenvalue weighted by Gasteiger charge is -2.31. The summed E-state index contributed by atoms with van der Waals surface area (Å²) in [6.07, 6.45) is -2.64. The van der Waals surface area contributed by atoms with Crippen LogP contribution in [0.3, 0.4) is 0 Å². The van der Waals surface area contributed by atoms with E-state index in [-0.39, 0.29) is 18.9 Å². The van der Waals surface area contributed by atoms with Gasteiger partial charge in [0.2, 0.25) is 0 Å². The molecule has 0 heterocycles. The molecule has 2 nitrogen and oxygen atoms in total. The van der Waals surface area contributed by atoms with Gasteiger partial charge in [-0.25, -0.2) is 0 Å². The number of nitrogens with one attached hydrogen (secondary N) is 1. The summed E-state index contributed by atoms with van der Waals surface area (Å²) in [6, 6.07) is 5.43. The van der Waals surface area contributed by atoms with Crippen LogP contribution in [0, 0.1) is 5.92 Å². The second kappa shape index (κ2) is 6.77. The Morgan fingerprint density at radius 3 is 2.43 bits per heavy atom. The van der Waals surface area contributed by atoms with Crippen molar-refractivity contribution < 1.29 is 17.9 Å². The molecule has 2 rings (SSSR count). The van der Waals surface area contributed by atoms with E-state index in [4.69, 9.17) is 16.3 Å². The number of anilines is 1. The molecule has 0 saturated heterocycles. The highest BCUT2D eigenvalue weighted by molar-refractivity contribution is 6.32. The van der Waals surface area contributed by atoms with Crippen molar-refractivity contribution in [2.24, 2.45) is 5.92 Å². The Morgan fingerprint density at radius 2 is 1.90 bits per heavy atom. The average molecular weight is 322 g/mol. The van der Waals surface area contributed by atoms with Gasteiger partial charge in [0, 0.05) is 11.7 Å². The molecule has 1 aromatic carbocycles. The Bertz CT molecular complexity index is 470. The number of hydrogen-bond acceptors (Lipinski definition) is 2. The van der Waals surface area contributed by atoms with Crippen molar-refractivity contribution in [3.8, 4) is 5.75 Å². The number of halogens is 4. The first kappa shape index (κ1) is 16.3. The third-order valence-corrected chi connectivity index (χ3v) is 4.09. The van der Waals surface area contributed by atoms with Crippen LogP contribution in [-0.4, -0.2) is 18.8 Å². The summed E-state index contributed by atoms with van der Waals surface area (Å²) in [6.45, 7) is 2.41. The molecule has 21 heavy (non-hydrogen) atoms. The van der Waals surface area contributed by atoms with E-state index < -0.39 is 12.1 Å². The van der Waals surface area contributed by atoms with Crippen molar-refractivity contribution in [3.05, 3.63) is 23.2 Å². The Hall–Kier alpha value is -1.10. The summed E-state index contributed by atoms with van der Waals surface area (Å²) in [4.78, 5) is 0. The van der Waals surface area contributed by atoms with Gasteiger partial charge in [0.1, 0.15) is 5.75 Å². The van der Waals surface area contributed by atoms with E-state index in [1.54, 1.807) is 12.1 Å². The maximum atomic E-state index is 12.6. The third-order valence-electron chi connectivity index (χ3n) is 3.79. The standard InChI is InChI=1S/C15H19ClF3NO/c1-2-21-14-8-7-12(9-13(14)16)20-11-5-3-10(4-6-11)15(17,18)19/h7-11,20H,2-6H2,1H3. The maximum Gasteiger partial charge on any atom is 0.391 e. The lowest BCUT2D eigenvalue weighted by atomic mass is 9.85. The average Bonchev–Trinajstić information content (AvgIpc) is 2.42. The Labute approximate surface area is 127 Å². The molecular weight excluding hydrogens is 303 g/mol. The first-order valence-corrected chi connectivity index (χ1v) is 7.53. The molecule has 1 saturated carbocycles. The molecule has 0 aromatic heterocycles. The van der Waals surface area contributed by atoms with E-state index in [0.717, 1.165) is 5.69 Å². The summed E-state index contributed by atoms with van der Waals surface area (Å²) >= 11 is 6.10. The van der Waals surface area contributed by atoms with Crippen molar-refractivity contribution in [1.29, 1.82) is 0 Å². The molecule has 1 aliphatic carbocycles. The number of rotatable bonds is 4. The second-order valence-corrected chi connectivity index (χ2v) is 5.72. The molecule has 0 atom stereocenters. The van der Waals surface area contributed by atoms with E-state index in [1.807, 2.05) is 13.0 Å². The second-order valence-electron chi connectivity index (χ2n) is 5.31. The first-order valence-electron chi connectivity index (χ1n) is 7.15. The van der Waals surface area contributed by atoms with Crippen LogP contribution in [0.4, 0.5) is 18.9 Å². The van der Waals surface area contributed by atoms with E-state index >= 15 is 0 Å². The summed E-state index contributed by atoms with van der Waals surface area (Å²) in [7, 11) is 0. The Morgan fingerprint density at radius 1 is 1.24 bits per heavy atom. The monoisotopic (exact) mass is 321 g/mol. The van der Waals surface area contributed by atoms with Crippen molar-refractivity contribution >= 4 is 17.3 Å². The van der Waals surface area contributed by atoms with E-state index in [2.05, 4.69) is 5.32 Å². The number of ether oxygens (including phenoxy) is 1. The number of benzene rings is 1. The molecular formula is C15H19ClF3NO. The highest BCUT2D eigenvalue weighted by atomic mass is 35.5. The summed E-state index contributed by atoms with van der Waals surface area (Å²) < 4.78 is 43.2. The van der Waals surface area contributed by atoms with Crippen LogP contribution < -0.4 is 10.1 Å². The van der Waals surface area contributed by atoms with Crippen LogP contribution in [0.5, 0.6) is 5.75 Å². The number of hydrogen-bond donors (Lipinski definition) is 1. The topological polar surface area (TPSA) is 21.3 Å². The minimum absolute atomic E-state index is 0.0672. The Balaban J connectivity index is 1.90. The fraction of sp³-hybridized carbons (Fsp3) is 0.600. The van der Waals surface area contributed by atoms with Gasteiger partial charge in [-0.05, 0) is 50.8 Å². The van der Waals surface area contributed by atoms with Crippen LogP contribution >= 0.6 is 11.6 Å². The van der Waals surface area contributed by atoms with Crippen LogP contribution in [-0.2, 0) is 0 Å². The zero-order chi connectivity index (χ0) is 15.5. The summed E-state index contributed by atoms with van der Waals surface area (Å²) in [5, 5.41) is 3.76. The largest absolute Gasteiger partial charge is 0.492 e. The molecule has 1 fully saturated rings. The minimum Gasteiger partial charge on any atom is -0.492 e. The van der Waals surface area contributed by atoms with Gasteiger partial charge in [0.25, 0.3) is 0 Å². The van der Waals surface area contributed by atoms with E-state index in [0.29, 0.717) is 30.2 Å². The van der Waals surface area contributed by atoms with Gasteiger partial charge in [-0.3, -0.25) is 0 Å². The molecule has 1 N–H and O–H groups in total. The van der Waals surface area contributed by atoms with E-state index in [1.165, 1.54) is 0 Å². The molecule has 0 spiro atoms.